The third-order valence-electron chi connectivity index (χ3n) is 3.53. The average molecular weight is 240 g/mol. The van der Waals surface area contributed by atoms with Gasteiger partial charge >= 0.3 is 0 Å². The van der Waals surface area contributed by atoms with Crippen LogP contribution in [0.3, 0.4) is 0 Å². The van der Waals surface area contributed by atoms with Crippen molar-refractivity contribution < 1.29 is 8.78 Å². The molecule has 94 valence electrons. The first kappa shape index (κ1) is 12.5. The molecule has 0 amide bonds. The molecule has 1 fully saturated rings. The quantitative estimate of drug-likeness (QED) is 0.860. The topological polar surface area (TPSA) is 29.3 Å². The van der Waals surface area contributed by atoms with Gasteiger partial charge in [0.15, 0.2) is 0 Å². The highest BCUT2D eigenvalue weighted by Gasteiger charge is 2.26. The van der Waals surface area contributed by atoms with E-state index in [2.05, 4.69) is 4.90 Å². The molecule has 0 bridgehead atoms. The van der Waals surface area contributed by atoms with Gasteiger partial charge in [0.1, 0.15) is 11.6 Å². The van der Waals surface area contributed by atoms with Gasteiger partial charge in [0.05, 0.1) is 0 Å². The number of rotatable bonds is 2. The van der Waals surface area contributed by atoms with Crippen molar-refractivity contribution >= 4 is 0 Å². The van der Waals surface area contributed by atoms with E-state index >= 15 is 0 Å². The molecule has 2 unspecified atom stereocenters. The predicted octanol–water partition coefficient (Wildman–Crippen LogP) is 2.37. The Labute approximate surface area is 100 Å². The van der Waals surface area contributed by atoms with Crippen molar-refractivity contribution in [2.75, 3.05) is 13.1 Å². The summed E-state index contributed by atoms with van der Waals surface area (Å²) in [6.07, 6.45) is 0.917. The van der Waals surface area contributed by atoms with E-state index in [0.29, 0.717) is 11.1 Å². The summed E-state index contributed by atoms with van der Waals surface area (Å²) >= 11 is 0. The lowest BCUT2D eigenvalue weighted by Crippen LogP contribution is -2.29. The number of nitrogens with two attached hydrogens (primary N) is 1. The van der Waals surface area contributed by atoms with E-state index in [0.717, 1.165) is 19.5 Å². The Morgan fingerprint density at radius 2 is 2.06 bits per heavy atom. The van der Waals surface area contributed by atoms with Crippen LogP contribution < -0.4 is 5.73 Å². The van der Waals surface area contributed by atoms with Crippen LogP contribution in [0.15, 0.2) is 12.1 Å². The Morgan fingerprint density at radius 1 is 1.35 bits per heavy atom. The lowest BCUT2D eigenvalue weighted by atomic mass is 10.0. The Bertz CT molecular complexity index is 420. The van der Waals surface area contributed by atoms with Crippen LogP contribution in [0, 0.1) is 18.6 Å². The second-order valence-corrected chi connectivity index (χ2v) is 4.84. The predicted molar refractivity (Wildman–Crippen MR) is 63.7 cm³/mol. The van der Waals surface area contributed by atoms with Gasteiger partial charge < -0.3 is 5.73 Å². The summed E-state index contributed by atoms with van der Waals surface area (Å²) in [5.74, 6) is -0.686. The van der Waals surface area contributed by atoms with Gasteiger partial charge in [-0.05, 0) is 38.0 Å². The minimum atomic E-state index is -0.350. The molecule has 1 aliphatic heterocycles. The zero-order chi connectivity index (χ0) is 12.6. The van der Waals surface area contributed by atoms with Crippen LogP contribution in [-0.2, 0) is 0 Å². The fourth-order valence-corrected chi connectivity index (χ4v) is 2.35. The number of aryl methyl sites for hydroxylation is 1. The maximum atomic E-state index is 13.8. The van der Waals surface area contributed by atoms with Gasteiger partial charge in [0.2, 0.25) is 0 Å². The summed E-state index contributed by atoms with van der Waals surface area (Å²) in [5.41, 5.74) is 6.59. The first-order valence-electron chi connectivity index (χ1n) is 5.94. The molecule has 0 aromatic heterocycles. The van der Waals surface area contributed by atoms with E-state index in [1.807, 2.05) is 6.92 Å². The first-order valence-corrected chi connectivity index (χ1v) is 5.94. The van der Waals surface area contributed by atoms with Crippen molar-refractivity contribution in [2.24, 2.45) is 5.73 Å². The first-order chi connectivity index (χ1) is 7.99. The largest absolute Gasteiger partial charge is 0.326 e. The number of nitrogens with zero attached hydrogens (tertiary/aromatic N) is 1. The zero-order valence-electron chi connectivity index (χ0n) is 10.2. The van der Waals surface area contributed by atoms with Gasteiger partial charge in [-0.25, -0.2) is 8.78 Å². The van der Waals surface area contributed by atoms with Crippen LogP contribution in [0.4, 0.5) is 8.78 Å². The normalized spacial score (nSPS) is 23.0. The van der Waals surface area contributed by atoms with Crippen LogP contribution in [0.1, 0.15) is 30.5 Å². The smallest absolute Gasteiger partial charge is 0.128 e. The second kappa shape index (κ2) is 4.70. The molecule has 2 nitrogen and oxygen atoms in total. The van der Waals surface area contributed by atoms with Crippen molar-refractivity contribution in [1.29, 1.82) is 0 Å². The highest BCUT2D eigenvalue weighted by atomic mass is 19.1. The SMILES string of the molecule is Cc1cc(F)c(C(C)N2CCC(N)C2)cc1F. The maximum absolute atomic E-state index is 13.8. The zero-order valence-corrected chi connectivity index (χ0v) is 10.2. The number of halogens is 2. The molecule has 0 saturated carbocycles. The number of benzene rings is 1. The summed E-state index contributed by atoms with van der Waals surface area (Å²) < 4.78 is 27.3. The molecule has 1 saturated heterocycles. The van der Waals surface area contributed by atoms with Crippen LogP contribution in [0.5, 0.6) is 0 Å². The molecule has 17 heavy (non-hydrogen) atoms. The lowest BCUT2D eigenvalue weighted by molar-refractivity contribution is 0.254. The molecule has 4 heteroatoms. The number of likely N-dealkylation sites (tertiary alicyclic amines) is 1. The fraction of sp³-hybridized carbons (Fsp3) is 0.538. The Morgan fingerprint density at radius 3 is 2.65 bits per heavy atom. The minimum absolute atomic E-state index is 0.126. The Kier molecular flexibility index (Phi) is 3.45. The van der Waals surface area contributed by atoms with Crippen molar-refractivity contribution in [1.82, 2.24) is 4.90 Å². The molecular formula is C13H18F2N2. The molecule has 2 N–H and O–H groups in total. The van der Waals surface area contributed by atoms with E-state index in [4.69, 9.17) is 5.73 Å². The molecule has 0 radical (unpaired) electrons. The van der Waals surface area contributed by atoms with Gasteiger partial charge in [-0.2, -0.15) is 0 Å². The summed E-state index contributed by atoms with van der Waals surface area (Å²) in [7, 11) is 0. The van der Waals surface area contributed by atoms with Crippen molar-refractivity contribution in [3.8, 4) is 0 Å². The maximum Gasteiger partial charge on any atom is 0.128 e. The molecule has 2 atom stereocenters. The molecule has 2 rings (SSSR count). The van der Waals surface area contributed by atoms with E-state index in [1.54, 1.807) is 6.92 Å². The standard InChI is InChI=1S/C13H18F2N2/c1-8-5-13(15)11(6-12(8)14)9(2)17-4-3-10(16)7-17/h5-6,9-10H,3-4,7,16H2,1-2H3. The van der Waals surface area contributed by atoms with Gasteiger partial charge in [0.25, 0.3) is 0 Å². The summed E-state index contributed by atoms with van der Waals surface area (Å²) in [5, 5.41) is 0. The molecule has 0 spiro atoms. The monoisotopic (exact) mass is 240 g/mol. The molecule has 1 aromatic carbocycles. The van der Waals surface area contributed by atoms with Crippen molar-refractivity contribution in [3.63, 3.8) is 0 Å². The molecule has 0 aliphatic carbocycles. The highest BCUT2D eigenvalue weighted by molar-refractivity contribution is 5.27. The van der Waals surface area contributed by atoms with E-state index < -0.39 is 0 Å². The minimum Gasteiger partial charge on any atom is -0.326 e. The number of hydrogen-bond acceptors (Lipinski definition) is 2. The molecular weight excluding hydrogens is 222 g/mol. The molecule has 1 aliphatic rings. The Balaban J connectivity index is 2.24. The van der Waals surface area contributed by atoms with Crippen molar-refractivity contribution in [2.45, 2.75) is 32.4 Å². The summed E-state index contributed by atoms with van der Waals surface area (Å²) in [6.45, 7) is 5.05. The van der Waals surface area contributed by atoms with Crippen LogP contribution in [0.2, 0.25) is 0 Å². The fourth-order valence-electron chi connectivity index (χ4n) is 2.35. The summed E-state index contributed by atoms with van der Waals surface area (Å²) in [6, 6.07) is 2.59. The second-order valence-electron chi connectivity index (χ2n) is 4.84. The third kappa shape index (κ3) is 2.48. The van der Waals surface area contributed by atoms with Gasteiger partial charge in [-0.15, -0.1) is 0 Å². The third-order valence-corrected chi connectivity index (χ3v) is 3.53. The molecule has 1 heterocycles. The van der Waals surface area contributed by atoms with Gasteiger partial charge in [-0.1, -0.05) is 0 Å². The Hall–Kier alpha value is -1.00. The summed E-state index contributed by atoms with van der Waals surface area (Å²) in [4.78, 5) is 2.10. The van der Waals surface area contributed by atoms with Crippen LogP contribution in [0.25, 0.3) is 0 Å². The van der Waals surface area contributed by atoms with E-state index in [9.17, 15) is 8.78 Å². The van der Waals surface area contributed by atoms with Gasteiger partial charge in [0, 0.05) is 30.7 Å². The molecule has 1 aromatic rings. The highest BCUT2D eigenvalue weighted by Crippen LogP contribution is 2.27. The van der Waals surface area contributed by atoms with Crippen LogP contribution in [-0.4, -0.2) is 24.0 Å². The van der Waals surface area contributed by atoms with Gasteiger partial charge in [-0.3, -0.25) is 4.90 Å². The number of hydrogen-bond donors (Lipinski definition) is 1. The van der Waals surface area contributed by atoms with E-state index in [1.165, 1.54) is 12.1 Å². The lowest BCUT2D eigenvalue weighted by Gasteiger charge is -2.25. The average Bonchev–Trinajstić information content (AvgIpc) is 2.69. The van der Waals surface area contributed by atoms with E-state index in [-0.39, 0.29) is 23.7 Å². The van der Waals surface area contributed by atoms with Crippen LogP contribution >= 0.6 is 0 Å². The van der Waals surface area contributed by atoms with Crippen molar-refractivity contribution in [3.05, 3.63) is 34.9 Å².